The molecule has 1 rings (SSSR count). The molecule has 1 saturated heterocycles. The Morgan fingerprint density at radius 2 is 2.00 bits per heavy atom. The first-order valence-corrected chi connectivity index (χ1v) is 4.47. The molecule has 0 spiro atoms. The molecular weight excluding hydrogens is 140 g/mol. The molecule has 1 aliphatic heterocycles. The summed E-state index contributed by atoms with van der Waals surface area (Å²) in [4.78, 5) is 2.49. The predicted octanol–water partition coefficient (Wildman–Crippen LogP) is 0.0117. The lowest BCUT2D eigenvalue weighted by atomic mass is 10.4. The fourth-order valence-electron chi connectivity index (χ4n) is 1.51. The number of aliphatic hydroxyl groups is 1. The topological polar surface area (TPSA) is 35.5 Å². The lowest BCUT2D eigenvalue weighted by molar-refractivity contribution is 0.253. The summed E-state index contributed by atoms with van der Waals surface area (Å²) in [5.74, 6) is 0. The fraction of sp³-hybridized carbons (Fsp3) is 1.00. The highest BCUT2D eigenvalue weighted by Crippen LogP contribution is 2.06. The number of hydrogen-bond donors (Lipinski definition) is 2. The van der Waals surface area contributed by atoms with E-state index in [0.717, 1.165) is 13.0 Å². The van der Waals surface area contributed by atoms with Crippen LogP contribution in [0.15, 0.2) is 0 Å². The van der Waals surface area contributed by atoms with Crippen LogP contribution in [0, 0.1) is 0 Å². The third-order valence-corrected chi connectivity index (χ3v) is 2.14. The van der Waals surface area contributed by atoms with Crippen molar-refractivity contribution >= 4 is 0 Å². The van der Waals surface area contributed by atoms with E-state index >= 15 is 0 Å². The van der Waals surface area contributed by atoms with Crippen molar-refractivity contribution < 1.29 is 5.11 Å². The van der Waals surface area contributed by atoms with E-state index in [2.05, 4.69) is 10.2 Å². The Hall–Kier alpha value is -0.120. The van der Waals surface area contributed by atoms with Gasteiger partial charge in [0.05, 0.1) is 6.73 Å². The van der Waals surface area contributed by atoms with Gasteiger partial charge in [0, 0.05) is 0 Å². The lowest BCUT2D eigenvalue weighted by Crippen LogP contribution is -2.25. The quantitative estimate of drug-likeness (QED) is 0.437. The van der Waals surface area contributed by atoms with E-state index in [4.69, 9.17) is 5.11 Å². The average molecular weight is 158 g/mol. The average Bonchev–Trinajstić information content (AvgIpc) is 2.50. The molecule has 0 radical (unpaired) electrons. The minimum atomic E-state index is 0.111. The molecule has 0 atom stereocenters. The third kappa shape index (κ3) is 3.70. The van der Waals surface area contributed by atoms with Gasteiger partial charge in [0.25, 0.3) is 0 Å². The first-order valence-electron chi connectivity index (χ1n) is 4.47. The molecule has 2 N–H and O–H groups in total. The van der Waals surface area contributed by atoms with E-state index in [-0.39, 0.29) is 6.73 Å². The van der Waals surface area contributed by atoms with Crippen LogP contribution in [-0.4, -0.2) is 42.9 Å². The summed E-state index contributed by atoms with van der Waals surface area (Å²) < 4.78 is 0. The first kappa shape index (κ1) is 8.97. The molecule has 0 amide bonds. The zero-order chi connectivity index (χ0) is 7.94. The van der Waals surface area contributed by atoms with Crippen LogP contribution in [0.5, 0.6) is 0 Å². The van der Waals surface area contributed by atoms with Gasteiger partial charge < -0.3 is 10.0 Å². The van der Waals surface area contributed by atoms with Crippen LogP contribution in [0.25, 0.3) is 0 Å². The molecule has 1 aliphatic rings. The van der Waals surface area contributed by atoms with Crippen molar-refractivity contribution in [1.29, 1.82) is 0 Å². The van der Waals surface area contributed by atoms with Crippen LogP contribution in [0.3, 0.4) is 0 Å². The number of rotatable bonds is 5. The molecule has 66 valence electrons. The number of likely N-dealkylation sites (tertiary alicyclic amines) is 1. The van der Waals surface area contributed by atoms with Gasteiger partial charge in [0.2, 0.25) is 0 Å². The van der Waals surface area contributed by atoms with Crippen molar-refractivity contribution in [3.05, 3.63) is 0 Å². The Labute approximate surface area is 68.4 Å². The Morgan fingerprint density at radius 3 is 2.64 bits per heavy atom. The molecule has 0 aromatic carbocycles. The van der Waals surface area contributed by atoms with Crippen LogP contribution in [0.4, 0.5) is 0 Å². The zero-order valence-electron chi connectivity index (χ0n) is 7.05. The van der Waals surface area contributed by atoms with Crippen LogP contribution >= 0.6 is 0 Å². The second-order valence-electron chi connectivity index (χ2n) is 3.06. The maximum absolute atomic E-state index is 8.43. The van der Waals surface area contributed by atoms with E-state index in [0.29, 0.717) is 0 Å². The van der Waals surface area contributed by atoms with Crippen LogP contribution in [0.2, 0.25) is 0 Å². The van der Waals surface area contributed by atoms with Gasteiger partial charge >= 0.3 is 0 Å². The molecule has 3 heteroatoms. The first-order chi connectivity index (χ1) is 5.43. The maximum Gasteiger partial charge on any atom is 0.0931 e. The van der Waals surface area contributed by atoms with Gasteiger partial charge in [-0.25, -0.2) is 0 Å². The van der Waals surface area contributed by atoms with E-state index in [1.165, 1.54) is 32.5 Å². The van der Waals surface area contributed by atoms with E-state index in [9.17, 15) is 0 Å². The van der Waals surface area contributed by atoms with E-state index in [1.807, 2.05) is 0 Å². The predicted molar refractivity (Wildman–Crippen MR) is 45.4 cm³/mol. The van der Waals surface area contributed by atoms with Gasteiger partial charge in [-0.3, -0.25) is 5.32 Å². The van der Waals surface area contributed by atoms with Gasteiger partial charge in [-0.2, -0.15) is 0 Å². The smallest absolute Gasteiger partial charge is 0.0931 e. The molecule has 0 unspecified atom stereocenters. The second-order valence-corrected chi connectivity index (χ2v) is 3.06. The monoisotopic (exact) mass is 158 g/mol. The summed E-state index contributed by atoms with van der Waals surface area (Å²) in [5.41, 5.74) is 0. The van der Waals surface area contributed by atoms with Gasteiger partial charge in [-0.15, -0.1) is 0 Å². The van der Waals surface area contributed by atoms with Crippen molar-refractivity contribution in [3.8, 4) is 0 Å². The third-order valence-electron chi connectivity index (χ3n) is 2.14. The molecular formula is C8H18N2O. The van der Waals surface area contributed by atoms with Gasteiger partial charge in [0.1, 0.15) is 0 Å². The number of nitrogens with one attached hydrogen (secondary N) is 1. The van der Waals surface area contributed by atoms with Crippen molar-refractivity contribution in [1.82, 2.24) is 10.2 Å². The molecule has 0 aromatic heterocycles. The standard InChI is InChI=1S/C8H18N2O/c11-8-9-4-3-7-10-5-1-2-6-10/h9,11H,1-8H2. The van der Waals surface area contributed by atoms with Gasteiger partial charge in [-0.05, 0) is 45.4 Å². The molecule has 0 aromatic rings. The Balaban J connectivity index is 1.86. The zero-order valence-corrected chi connectivity index (χ0v) is 7.05. The van der Waals surface area contributed by atoms with Crippen molar-refractivity contribution in [2.24, 2.45) is 0 Å². The van der Waals surface area contributed by atoms with Crippen molar-refractivity contribution in [3.63, 3.8) is 0 Å². The highest BCUT2D eigenvalue weighted by molar-refractivity contribution is 4.65. The summed E-state index contributed by atoms with van der Waals surface area (Å²) in [5, 5.41) is 11.3. The van der Waals surface area contributed by atoms with E-state index < -0.39 is 0 Å². The number of hydrogen-bond acceptors (Lipinski definition) is 3. The minimum Gasteiger partial charge on any atom is -0.381 e. The Kier molecular flexibility index (Phi) is 4.50. The molecule has 11 heavy (non-hydrogen) atoms. The van der Waals surface area contributed by atoms with Gasteiger partial charge in [0.15, 0.2) is 0 Å². The number of aliphatic hydroxyl groups excluding tert-OH is 1. The number of nitrogens with zero attached hydrogens (tertiary/aromatic N) is 1. The molecule has 3 nitrogen and oxygen atoms in total. The fourth-order valence-corrected chi connectivity index (χ4v) is 1.51. The largest absolute Gasteiger partial charge is 0.381 e. The Morgan fingerprint density at radius 1 is 1.27 bits per heavy atom. The summed E-state index contributed by atoms with van der Waals surface area (Å²) in [7, 11) is 0. The lowest BCUT2D eigenvalue weighted by Gasteiger charge is -2.13. The summed E-state index contributed by atoms with van der Waals surface area (Å²) >= 11 is 0. The molecule has 0 bridgehead atoms. The van der Waals surface area contributed by atoms with Crippen LogP contribution in [-0.2, 0) is 0 Å². The van der Waals surface area contributed by atoms with E-state index in [1.54, 1.807) is 0 Å². The highest BCUT2D eigenvalue weighted by atomic mass is 16.3. The van der Waals surface area contributed by atoms with Crippen LogP contribution < -0.4 is 5.32 Å². The molecule has 0 saturated carbocycles. The van der Waals surface area contributed by atoms with Crippen molar-refractivity contribution in [2.45, 2.75) is 19.3 Å². The molecule has 0 aliphatic carbocycles. The summed E-state index contributed by atoms with van der Waals surface area (Å²) in [6, 6.07) is 0. The van der Waals surface area contributed by atoms with Gasteiger partial charge in [-0.1, -0.05) is 0 Å². The highest BCUT2D eigenvalue weighted by Gasteiger charge is 2.09. The normalized spacial score (nSPS) is 19.4. The maximum atomic E-state index is 8.43. The summed E-state index contributed by atoms with van der Waals surface area (Å²) in [6.45, 7) is 4.79. The molecule has 1 fully saturated rings. The Bertz CT molecular complexity index is 92.1. The van der Waals surface area contributed by atoms with Crippen LogP contribution in [0.1, 0.15) is 19.3 Å². The second kappa shape index (κ2) is 5.52. The minimum absolute atomic E-state index is 0.111. The SMILES string of the molecule is OCNCCCN1CCCC1. The molecule has 1 heterocycles. The summed E-state index contributed by atoms with van der Waals surface area (Å²) in [6.07, 6.45) is 3.89. The van der Waals surface area contributed by atoms with Crippen molar-refractivity contribution in [2.75, 3.05) is 32.9 Å².